The molecular formula is C34H45O2P. The Balaban J connectivity index is 2.27. The van der Waals surface area contributed by atoms with Gasteiger partial charge < -0.3 is 4.74 Å². The molecule has 0 amide bonds. The third-order valence-corrected chi connectivity index (χ3v) is 8.91. The van der Waals surface area contributed by atoms with Gasteiger partial charge in [-0.2, -0.15) is 0 Å². The van der Waals surface area contributed by atoms with Crippen LogP contribution in [0.15, 0.2) is 66.7 Å². The van der Waals surface area contributed by atoms with Crippen LogP contribution in [0.1, 0.15) is 107 Å². The Hall–Kier alpha value is -2.44. The Labute approximate surface area is 227 Å². The van der Waals surface area contributed by atoms with Crippen LogP contribution in [0, 0.1) is 0 Å². The first-order valence-electron chi connectivity index (χ1n) is 13.6. The zero-order valence-corrected chi connectivity index (χ0v) is 25.1. The summed E-state index contributed by atoms with van der Waals surface area (Å²) in [7, 11) is 0.457. The van der Waals surface area contributed by atoms with Crippen molar-refractivity contribution >= 4 is 20.2 Å². The third kappa shape index (κ3) is 7.32. The zero-order chi connectivity index (χ0) is 27.3. The molecule has 2 nitrogen and oxygen atoms in total. The van der Waals surface area contributed by atoms with Crippen LogP contribution in [0.3, 0.4) is 0 Å². The standard InChI is InChI=1S/C34H45O2P/c1-9-10-20-34(8,37-30-19-15-14-18-26(30)23-35)29-22-27(32(2,3)4)21-28(33(5,6)7)31(29)36-24-25-16-12-11-13-17-25/h11-19,21-23,37H,9-10,20,24H2,1-8H3. The molecule has 0 N–H and O–H groups in total. The minimum atomic E-state index is -0.164. The predicted octanol–water partition coefficient (Wildman–Crippen LogP) is 9.08. The highest BCUT2D eigenvalue weighted by Crippen LogP contribution is 2.52. The first kappa shape index (κ1) is 29.1. The first-order valence-corrected chi connectivity index (χ1v) is 14.6. The van der Waals surface area contributed by atoms with Gasteiger partial charge in [0.1, 0.15) is 12.4 Å². The van der Waals surface area contributed by atoms with Crippen LogP contribution in [-0.4, -0.2) is 6.29 Å². The molecule has 2 atom stereocenters. The van der Waals surface area contributed by atoms with Crippen molar-refractivity contribution in [2.75, 3.05) is 0 Å². The number of aldehydes is 1. The van der Waals surface area contributed by atoms with E-state index in [0.29, 0.717) is 15.2 Å². The molecule has 0 aliphatic carbocycles. The Morgan fingerprint density at radius 2 is 1.43 bits per heavy atom. The molecule has 0 aliphatic rings. The minimum Gasteiger partial charge on any atom is -0.488 e. The third-order valence-electron chi connectivity index (χ3n) is 7.11. The van der Waals surface area contributed by atoms with E-state index in [9.17, 15) is 4.79 Å². The van der Waals surface area contributed by atoms with Gasteiger partial charge in [-0.25, -0.2) is 0 Å². The van der Waals surface area contributed by atoms with E-state index in [1.165, 1.54) is 16.7 Å². The number of hydrogen-bond donors (Lipinski definition) is 0. The molecule has 0 spiro atoms. The number of benzene rings is 3. The molecule has 0 aliphatic heterocycles. The predicted molar refractivity (Wildman–Crippen MR) is 161 cm³/mol. The molecule has 0 bridgehead atoms. The normalized spacial score (nSPS) is 14.1. The van der Waals surface area contributed by atoms with Gasteiger partial charge in [0.15, 0.2) is 6.29 Å². The molecule has 0 heterocycles. The van der Waals surface area contributed by atoms with Gasteiger partial charge in [0.25, 0.3) is 0 Å². The fourth-order valence-corrected chi connectivity index (χ4v) is 6.40. The van der Waals surface area contributed by atoms with Crippen LogP contribution >= 0.6 is 8.58 Å². The van der Waals surface area contributed by atoms with Gasteiger partial charge in [-0.1, -0.05) is 144 Å². The van der Waals surface area contributed by atoms with Gasteiger partial charge in [0.2, 0.25) is 0 Å². The van der Waals surface area contributed by atoms with Gasteiger partial charge in [0.05, 0.1) is 0 Å². The van der Waals surface area contributed by atoms with Crippen molar-refractivity contribution in [1.82, 2.24) is 0 Å². The number of unbranched alkanes of at least 4 members (excludes halogenated alkanes) is 1. The van der Waals surface area contributed by atoms with E-state index in [0.717, 1.165) is 47.7 Å². The summed E-state index contributed by atoms with van der Waals surface area (Å²) in [5.41, 5.74) is 5.72. The highest BCUT2D eigenvalue weighted by molar-refractivity contribution is 7.48. The summed E-state index contributed by atoms with van der Waals surface area (Å²) >= 11 is 0. The topological polar surface area (TPSA) is 26.3 Å². The second-order valence-corrected chi connectivity index (χ2v) is 14.3. The van der Waals surface area contributed by atoms with Crippen LogP contribution < -0.4 is 10.0 Å². The molecule has 37 heavy (non-hydrogen) atoms. The summed E-state index contributed by atoms with van der Waals surface area (Å²) in [6, 6.07) is 23.3. The Bertz CT molecular complexity index is 1180. The Morgan fingerprint density at radius 1 is 0.811 bits per heavy atom. The number of carbonyl (C=O) groups excluding carboxylic acids is 1. The molecule has 0 saturated carbocycles. The molecule has 0 radical (unpaired) electrons. The SMILES string of the molecule is CCCCC(C)(Pc1ccccc1C=O)c1cc(C(C)(C)C)cc(C(C)(C)C)c1OCc1ccccc1. The largest absolute Gasteiger partial charge is 0.488 e. The summed E-state index contributed by atoms with van der Waals surface area (Å²) < 4.78 is 6.80. The summed E-state index contributed by atoms with van der Waals surface area (Å²) in [6.07, 6.45) is 4.28. The van der Waals surface area contributed by atoms with Gasteiger partial charge in [0, 0.05) is 21.8 Å². The summed E-state index contributed by atoms with van der Waals surface area (Å²) in [6.45, 7) is 18.9. The van der Waals surface area contributed by atoms with Crippen LogP contribution in [0.5, 0.6) is 5.75 Å². The van der Waals surface area contributed by atoms with E-state index >= 15 is 0 Å². The van der Waals surface area contributed by atoms with Crippen LogP contribution in [0.4, 0.5) is 0 Å². The summed E-state index contributed by atoms with van der Waals surface area (Å²) in [5, 5.41) is 0.964. The van der Waals surface area contributed by atoms with Crippen molar-refractivity contribution in [3.63, 3.8) is 0 Å². The number of rotatable bonds is 10. The molecule has 0 aromatic heterocycles. The average Bonchev–Trinajstić information content (AvgIpc) is 2.85. The fourth-order valence-electron chi connectivity index (χ4n) is 4.72. The maximum atomic E-state index is 11.9. The van der Waals surface area contributed by atoms with Crippen molar-refractivity contribution < 1.29 is 9.53 Å². The van der Waals surface area contributed by atoms with Crippen LogP contribution in [0.25, 0.3) is 0 Å². The van der Waals surface area contributed by atoms with Crippen molar-refractivity contribution in [3.05, 3.63) is 94.5 Å². The minimum absolute atomic E-state index is 0.00217. The van der Waals surface area contributed by atoms with Crippen LogP contribution in [-0.2, 0) is 22.6 Å². The van der Waals surface area contributed by atoms with Gasteiger partial charge in [-0.3, -0.25) is 4.79 Å². The molecule has 0 fully saturated rings. The Kier molecular flexibility index (Phi) is 9.41. The molecule has 0 saturated heterocycles. The molecule has 198 valence electrons. The lowest BCUT2D eigenvalue weighted by atomic mass is 9.76. The molecular weight excluding hydrogens is 471 g/mol. The van der Waals surface area contributed by atoms with Crippen molar-refractivity contribution in [2.45, 2.75) is 97.2 Å². The molecule has 3 rings (SSSR count). The lowest BCUT2D eigenvalue weighted by Crippen LogP contribution is -2.26. The van der Waals surface area contributed by atoms with Gasteiger partial charge in [-0.05, 0) is 33.7 Å². The van der Waals surface area contributed by atoms with Gasteiger partial charge >= 0.3 is 0 Å². The molecule has 2 unspecified atom stereocenters. The summed E-state index contributed by atoms with van der Waals surface area (Å²) in [4.78, 5) is 11.9. The highest BCUT2D eigenvalue weighted by atomic mass is 31.1. The van der Waals surface area contributed by atoms with Crippen molar-refractivity contribution in [3.8, 4) is 5.75 Å². The van der Waals surface area contributed by atoms with E-state index in [2.05, 4.69) is 104 Å². The lowest BCUT2D eigenvalue weighted by Gasteiger charge is -2.37. The van der Waals surface area contributed by atoms with E-state index in [1.54, 1.807) is 0 Å². The second kappa shape index (κ2) is 12.0. The average molecular weight is 517 g/mol. The highest BCUT2D eigenvalue weighted by Gasteiger charge is 2.35. The van der Waals surface area contributed by atoms with Gasteiger partial charge in [-0.15, -0.1) is 0 Å². The first-order chi connectivity index (χ1) is 17.4. The number of carbonyl (C=O) groups is 1. The van der Waals surface area contributed by atoms with E-state index < -0.39 is 0 Å². The molecule has 3 heteroatoms. The van der Waals surface area contributed by atoms with E-state index in [-0.39, 0.29) is 16.0 Å². The fraction of sp³-hybridized carbons (Fsp3) is 0.441. The molecule has 3 aromatic carbocycles. The lowest BCUT2D eigenvalue weighted by molar-refractivity contribution is 0.112. The summed E-state index contributed by atoms with van der Waals surface area (Å²) in [5.74, 6) is 1.01. The van der Waals surface area contributed by atoms with Crippen LogP contribution in [0.2, 0.25) is 0 Å². The number of ether oxygens (including phenoxy) is 1. The maximum Gasteiger partial charge on any atom is 0.150 e. The monoisotopic (exact) mass is 516 g/mol. The maximum absolute atomic E-state index is 11.9. The van der Waals surface area contributed by atoms with E-state index in [4.69, 9.17) is 4.74 Å². The Morgan fingerprint density at radius 3 is 2.03 bits per heavy atom. The molecule has 3 aromatic rings. The second-order valence-electron chi connectivity index (χ2n) is 12.4. The van der Waals surface area contributed by atoms with Crippen molar-refractivity contribution in [1.29, 1.82) is 0 Å². The van der Waals surface area contributed by atoms with E-state index in [1.807, 2.05) is 18.2 Å². The van der Waals surface area contributed by atoms with Crippen molar-refractivity contribution in [2.24, 2.45) is 0 Å². The quantitative estimate of drug-likeness (QED) is 0.198. The smallest absolute Gasteiger partial charge is 0.150 e. The zero-order valence-electron chi connectivity index (χ0n) is 24.1. The number of hydrogen-bond acceptors (Lipinski definition) is 2.